The fourth-order valence-corrected chi connectivity index (χ4v) is 4.48. The first-order chi connectivity index (χ1) is 15.9. The number of aromatic nitrogens is 1. The van der Waals surface area contributed by atoms with Crippen LogP contribution in [0.4, 0.5) is 4.79 Å². The van der Waals surface area contributed by atoms with Gasteiger partial charge < -0.3 is 19.8 Å². The van der Waals surface area contributed by atoms with Gasteiger partial charge in [-0.3, -0.25) is 14.5 Å². The van der Waals surface area contributed by atoms with Gasteiger partial charge in [-0.1, -0.05) is 31.2 Å². The number of fused-ring (bicyclic) bond motifs is 2. The number of rotatable bonds is 5. The summed E-state index contributed by atoms with van der Waals surface area (Å²) in [5.74, 6) is 0.355. The number of H-pyrrole nitrogens is 1. The molecule has 5 rings (SSSR count). The number of ether oxygens (including phenoxy) is 2. The third kappa shape index (κ3) is 3.42. The number of imide groups is 1. The third-order valence-corrected chi connectivity index (χ3v) is 6.38. The molecule has 0 saturated carbocycles. The second-order valence-electron chi connectivity index (χ2n) is 8.48. The van der Waals surface area contributed by atoms with E-state index in [0.717, 1.165) is 34.2 Å². The van der Waals surface area contributed by atoms with Crippen molar-refractivity contribution in [2.45, 2.75) is 32.2 Å². The van der Waals surface area contributed by atoms with Crippen LogP contribution in [0.25, 0.3) is 10.9 Å². The predicted molar refractivity (Wildman–Crippen MR) is 122 cm³/mol. The number of hydrogen-bond donors (Lipinski definition) is 2. The fraction of sp³-hybridized carbons (Fsp3) is 0.320. The first-order valence-corrected chi connectivity index (χ1v) is 11.1. The molecule has 170 valence electrons. The molecule has 2 aliphatic rings. The maximum absolute atomic E-state index is 13.4. The monoisotopic (exact) mass is 447 g/mol. The smallest absolute Gasteiger partial charge is 0.325 e. The van der Waals surface area contributed by atoms with Crippen molar-refractivity contribution < 1.29 is 23.9 Å². The van der Waals surface area contributed by atoms with Gasteiger partial charge in [0.2, 0.25) is 0 Å². The average molecular weight is 447 g/mol. The number of aromatic amines is 1. The van der Waals surface area contributed by atoms with Crippen LogP contribution in [0.5, 0.6) is 11.5 Å². The first-order valence-electron chi connectivity index (χ1n) is 11.1. The van der Waals surface area contributed by atoms with E-state index >= 15 is 0 Å². The fourth-order valence-electron chi connectivity index (χ4n) is 4.48. The number of aryl methyl sites for hydroxylation is 1. The molecule has 3 heterocycles. The van der Waals surface area contributed by atoms with Crippen LogP contribution in [0.2, 0.25) is 0 Å². The second kappa shape index (κ2) is 7.95. The number of para-hydroxylation sites is 1. The van der Waals surface area contributed by atoms with Gasteiger partial charge in [0, 0.05) is 29.1 Å². The van der Waals surface area contributed by atoms with E-state index in [4.69, 9.17) is 9.47 Å². The van der Waals surface area contributed by atoms with E-state index in [9.17, 15) is 14.4 Å². The summed E-state index contributed by atoms with van der Waals surface area (Å²) in [5.41, 5.74) is 1.73. The largest absolute Gasteiger partial charge is 0.490 e. The van der Waals surface area contributed by atoms with E-state index in [1.165, 1.54) is 0 Å². The molecule has 3 aromatic rings. The van der Waals surface area contributed by atoms with Gasteiger partial charge in [0.05, 0.1) is 19.8 Å². The lowest BCUT2D eigenvalue weighted by atomic mass is 9.91. The lowest BCUT2D eigenvalue weighted by molar-refractivity contribution is -0.130. The zero-order valence-corrected chi connectivity index (χ0v) is 18.6. The van der Waals surface area contributed by atoms with E-state index in [1.54, 1.807) is 31.3 Å². The first kappa shape index (κ1) is 21.1. The van der Waals surface area contributed by atoms with Gasteiger partial charge >= 0.3 is 6.03 Å². The van der Waals surface area contributed by atoms with Crippen molar-refractivity contribution in [2.75, 3.05) is 19.8 Å². The quantitative estimate of drug-likeness (QED) is 0.460. The molecule has 0 radical (unpaired) electrons. The Balaban J connectivity index is 1.41. The molecule has 0 bridgehead atoms. The predicted octanol–water partition coefficient (Wildman–Crippen LogP) is 3.54. The minimum absolute atomic E-state index is 0.305. The van der Waals surface area contributed by atoms with Crippen LogP contribution in [0, 0.1) is 0 Å². The molecule has 1 atom stereocenters. The Hall–Kier alpha value is -3.81. The van der Waals surface area contributed by atoms with Crippen LogP contribution in [-0.4, -0.2) is 47.4 Å². The Kier molecular flexibility index (Phi) is 5.08. The van der Waals surface area contributed by atoms with Crippen LogP contribution in [0.15, 0.2) is 42.6 Å². The second-order valence-corrected chi connectivity index (χ2v) is 8.48. The molecule has 1 unspecified atom stereocenters. The number of carbonyl (C=O) groups excluding carboxylic acids is 3. The number of urea groups is 1. The van der Waals surface area contributed by atoms with E-state index < -0.39 is 17.5 Å². The molecule has 8 nitrogen and oxygen atoms in total. The van der Waals surface area contributed by atoms with E-state index in [-0.39, 0.29) is 12.3 Å². The van der Waals surface area contributed by atoms with Crippen LogP contribution in [0.1, 0.15) is 41.8 Å². The van der Waals surface area contributed by atoms with Crippen molar-refractivity contribution in [3.8, 4) is 11.5 Å². The molecular weight excluding hydrogens is 422 g/mol. The van der Waals surface area contributed by atoms with Gasteiger partial charge in [0.15, 0.2) is 17.3 Å². The van der Waals surface area contributed by atoms with Crippen molar-refractivity contribution in [1.29, 1.82) is 0 Å². The highest BCUT2D eigenvalue weighted by atomic mass is 16.5. The van der Waals surface area contributed by atoms with E-state index in [1.807, 2.05) is 25.1 Å². The Morgan fingerprint density at radius 2 is 1.91 bits per heavy atom. The molecule has 0 spiro atoms. The molecule has 3 amide bonds. The van der Waals surface area contributed by atoms with Crippen molar-refractivity contribution >= 4 is 28.6 Å². The lowest BCUT2D eigenvalue weighted by Gasteiger charge is -2.23. The number of hydrogen-bond acceptors (Lipinski definition) is 5. The summed E-state index contributed by atoms with van der Waals surface area (Å²) in [7, 11) is 0. The molecular formula is C25H25N3O5. The lowest BCUT2D eigenvalue weighted by Crippen LogP contribution is -2.41. The standard InChI is InChI=1S/C25H25N3O5/c1-3-15-6-4-7-17-18(13-26-22(15)17)19(29)14-28-23(30)25(2,27-24(28)31)16-8-9-20-21(12-16)33-11-5-10-32-20/h4,6-9,12-13,26H,3,5,10-11,14H2,1-2H3,(H,27,31). The Morgan fingerprint density at radius 3 is 2.70 bits per heavy atom. The van der Waals surface area contributed by atoms with E-state index in [2.05, 4.69) is 10.3 Å². The Labute approximate surface area is 190 Å². The molecule has 2 aliphatic heterocycles. The van der Waals surface area contributed by atoms with Gasteiger partial charge in [-0.2, -0.15) is 0 Å². The molecule has 0 aliphatic carbocycles. The number of ketones is 1. The minimum atomic E-state index is -1.31. The molecule has 1 saturated heterocycles. The summed E-state index contributed by atoms with van der Waals surface area (Å²) in [6.45, 7) is 4.41. The Morgan fingerprint density at radius 1 is 1.12 bits per heavy atom. The van der Waals surface area contributed by atoms with Gasteiger partial charge in [-0.15, -0.1) is 0 Å². The van der Waals surface area contributed by atoms with Crippen LogP contribution in [-0.2, 0) is 16.8 Å². The minimum Gasteiger partial charge on any atom is -0.490 e. The van der Waals surface area contributed by atoms with Crippen LogP contribution < -0.4 is 14.8 Å². The highest BCUT2D eigenvalue weighted by Gasteiger charge is 2.50. The van der Waals surface area contributed by atoms with Gasteiger partial charge in [0.25, 0.3) is 5.91 Å². The molecule has 33 heavy (non-hydrogen) atoms. The summed E-state index contributed by atoms with van der Waals surface area (Å²) in [5, 5.41) is 3.54. The van der Waals surface area contributed by atoms with Crippen molar-refractivity contribution in [1.82, 2.24) is 15.2 Å². The topological polar surface area (TPSA) is 101 Å². The van der Waals surface area contributed by atoms with Crippen LogP contribution in [0.3, 0.4) is 0 Å². The van der Waals surface area contributed by atoms with Crippen molar-refractivity contribution in [2.24, 2.45) is 0 Å². The average Bonchev–Trinajstić information content (AvgIpc) is 3.23. The molecule has 1 fully saturated rings. The number of carbonyl (C=O) groups is 3. The number of nitrogens with zero attached hydrogens (tertiary/aromatic N) is 1. The number of benzene rings is 2. The highest BCUT2D eigenvalue weighted by Crippen LogP contribution is 2.36. The maximum atomic E-state index is 13.4. The molecule has 8 heteroatoms. The van der Waals surface area contributed by atoms with Gasteiger partial charge in [-0.25, -0.2) is 4.79 Å². The van der Waals surface area contributed by atoms with Gasteiger partial charge in [-0.05, 0) is 36.6 Å². The summed E-state index contributed by atoms with van der Waals surface area (Å²) >= 11 is 0. The van der Waals surface area contributed by atoms with E-state index in [0.29, 0.717) is 35.8 Å². The van der Waals surface area contributed by atoms with Gasteiger partial charge in [0.1, 0.15) is 5.54 Å². The molecule has 2 N–H and O–H groups in total. The normalized spacial score (nSPS) is 20.1. The number of Topliss-reactive ketones (excluding diaryl/α,β-unsaturated/α-hetero) is 1. The SMILES string of the molecule is CCc1cccc2c(C(=O)CN3C(=O)NC(C)(c4ccc5c(c4)OCCCO5)C3=O)c[nH]c12. The zero-order valence-electron chi connectivity index (χ0n) is 18.6. The summed E-state index contributed by atoms with van der Waals surface area (Å²) in [4.78, 5) is 43.4. The number of amides is 3. The summed E-state index contributed by atoms with van der Waals surface area (Å²) < 4.78 is 11.4. The van der Waals surface area contributed by atoms with Crippen molar-refractivity contribution in [3.63, 3.8) is 0 Å². The van der Waals surface area contributed by atoms with Crippen LogP contribution >= 0.6 is 0 Å². The number of nitrogens with one attached hydrogen (secondary N) is 2. The summed E-state index contributed by atoms with van der Waals surface area (Å²) in [6, 6.07) is 10.4. The maximum Gasteiger partial charge on any atom is 0.325 e. The third-order valence-electron chi connectivity index (χ3n) is 6.38. The molecule has 2 aromatic carbocycles. The summed E-state index contributed by atoms with van der Waals surface area (Å²) in [6.07, 6.45) is 3.24. The Bertz CT molecular complexity index is 1280. The molecule has 1 aromatic heterocycles. The zero-order chi connectivity index (χ0) is 23.2. The highest BCUT2D eigenvalue weighted by molar-refractivity contribution is 6.14. The van der Waals surface area contributed by atoms with Crippen molar-refractivity contribution in [3.05, 3.63) is 59.3 Å².